The van der Waals surface area contributed by atoms with E-state index in [1.807, 2.05) is 25.1 Å². The Hall–Kier alpha value is -2.05. The maximum Gasteiger partial charge on any atom is 0.269 e. The number of nitrogen functional groups attached to an aromatic ring is 1. The van der Waals surface area contributed by atoms with Gasteiger partial charge in [-0.15, -0.1) is 11.8 Å². The van der Waals surface area contributed by atoms with Crippen LogP contribution in [-0.4, -0.2) is 4.92 Å². The van der Waals surface area contributed by atoms with Gasteiger partial charge in [0.25, 0.3) is 5.69 Å². The predicted molar refractivity (Wildman–Crippen MR) is 81.6 cm³/mol. The van der Waals surface area contributed by atoms with Crippen LogP contribution in [0.15, 0.2) is 47.4 Å². The molecule has 5 nitrogen and oxygen atoms in total. The topological polar surface area (TPSA) is 81.2 Å². The van der Waals surface area contributed by atoms with Gasteiger partial charge in [0.1, 0.15) is 0 Å². The second-order valence-electron chi connectivity index (χ2n) is 4.35. The Labute approximate surface area is 121 Å². The fourth-order valence-corrected chi connectivity index (χ4v) is 2.83. The van der Waals surface area contributed by atoms with E-state index in [4.69, 9.17) is 5.84 Å². The van der Waals surface area contributed by atoms with Crippen molar-refractivity contribution in [3.8, 4) is 0 Å². The van der Waals surface area contributed by atoms with E-state index < -0.39 is 4.92 Å². The summed E-state index contributed by atoms with van der Waals surface area (Å²) in [6.45, 7) is 2.03. The fraction of sp³-hybridized carbons (Fsp3) is 0.143. The summed E-state index contributed by atoms with van der Waals surface area (Å²) in [6, 6.07) is 12.7. The van der Waals surface area contributed by atoms with E-state index in [-0.39, 0.29) is 5.69 Å². The van der Waals surface area contributed by atoms with Crippen molar-refractivity contribution in [2.45, 2.75) is 17.6 Å². The number of benzene rings is 2. The minimum Gasteiger partial charge on any atom is -0.324 e. The van der Waals surface area contributed by atoms with Gasteiger partial charge in [0.05, 0.1) is 10.6 Å². The van der Waals surface area contributed by atoms with E-state index in [9.17, 15) is 10.1 Å². The average Bonchev–Trinajstić information content (AvgIpc) is 2.44. The van der Waals surface area contributed by atoms with Gasteiger partial charge in [0, 0.05) is 22.8 Å². The van der Waals surface area contributed by atoms with Crippen molar-refractivity contribution in [1.82, 2.24) is 0 Å². The lowest BCUT2D eigenvalue weighted by molar-refractivity contribution is -0.384. The van der Waals surface area contributed by atoms with Crippen molar-refractivity contribution in [2.24, 2.45) is 5.84 Å². The van der Waals surface area contributed by atoms with Crippen LogP contribution >= 0.6 is 11.8 Å². The number of non-ortho nitro benzene ring substituents is 1. The van der Waals surface area contributed by atoms with Gasteiger partial charge in [-0.3, -0.25) is 16.0 Å². The summed E-state index contributed by atoms with van der Waals surface area (Å²) in [5, 5.41) is 10.8. The highest BCUT2D eigenvalue weighted by molar-refractivity contribution is 7.98. The summed E-state index contributed by atoms with van der Waals surface area (Å²) < 4.78 is 0. The lowest BCUT2D eigenvalue weighted by atomic mass is 10.2. The summed E-state index contributed by atoms with van der Waals surface area (Å²) in [6.07, 6.45) is 0. The third-order valence-corrected chi connectivity index (χ3v) is 3.88. The molecule has 20 heavy (non-hydrogen) atoms. The Kier molecular flexibility index (Phi) is 4.60. The smallest absolute Gasteiger partial charge is 0.269 e. The van der Waals surface area contributed by atoms with Crippen molar-refractivity contribution in [3.63, 3.8) is 0 Å². The molecule has 0 aliphatic heterocycles. The minimum absolute atomic E-state index is 0.0730. The van der Waals surface area contributed by atoms with Crippen molar-refractivity contribution in [3.05, 3.63) is 63.7 Å². The van der Waals surface area contributed by atoms with Crippen molar-refractivity contribution in [2.75, 3.05) is 5.43 Å². The molecule has 0 saturated carbocycles. The Morgan fingerprint density at radius 1 is 1.30 bits per heavy atom. The molecule has 3 N–H and O–H groups in total. The quantitative estimate of drug-likeness (QED) is 0.381. The van der Waals surface area contributed by atoms with Crippen LogP contribution in [0.25, 0.3) is 0 Å². The molecule has 0 heterocycles. The third kappa shape index (κ3) is 3.49. The molecule has 2 rings (SSSR count). The van der Waals surface area contributed by atoms with Gasteiger partial charge in [-0.1, -0.05) is 17.7 Å². The fourth-order valence-electron chi connectivity index (χ4n) is 1.82. The first-order valence-electron chi connectivity index (χ1n) is 6.03. The van der Waals surface area contributed by atoms with Gasteiger partial charge in [-0.2, -0.15) is 0 Å². The zero-order chi connectivity index (χ0) is 14.5. The van der Waals surface area contributed by atoms with E-state index in [2.05, 4.69) is 11.5 Å². The highest BCUT2D eigenvalue weighted by Gasteiger charge is 2.10. The molecule has 0 aliphatic carbocycles. The molecular formula is C14H15N3O2S. The van der Waals surface area contributed by atoms with Crippen LogP contribution in [0.3, 0.4) is 0 Å². The number of rotatable bonds is 5. The van der Waals surface area contributed by atoms with Crippen LogP contribution in [0.1, 0.15) is 11.1 Å². The van der Waals surface area contributed by atoms with Gasteiger partial charge >= 0.3 is 0 Å². The molecule has 104 valence electrons. The number of nitrogens with zero attached hydrogens (tertiary/aromatic N) is 1. The number of nitro groups is 1. The lowest BCUT2D eigenvalue weighted by Crippen LogP contribution is -2.09. The van der Waals surface area contributed by atoms with Crippen molar-refractivity contribution in [1.29, 1.82) is 0 Å². The second-order valence-corrected chi connectivity index (χ2v) is 5.40. The first-order valence-corrected chi connectivity index (χ1v) is 7.02. The summed E-state index contributed by atoms with van der Waals surface area (Å²) >= 11 is 1.62. The molecule has 2 aromatic carbocycles. The molecule has 0 atom stereocenters. The molecule has 0 aliphatic rings. The second kappa shape index (κ2) is 6.40. The number of nitro benzene ring substituents is 1. The number of hydrogen-bond donors (Lipinski definition) is 2. The lowest BCUT2D eigenvalue weighted by Gasteiger charge is -2.09. The molecule has 0 amide bonds. The van der Waals surface area contributed by atoms with Crippen molar-refractivity contribution >= 4 is 23.1 Å². The molecule has 0 aromatic heterocycles. The van der Waals surface area contributed by atoms with Gasteiger partial charge in [-0.25, -0.2) is 0 Å². The molecule has 0 fully saturated rings. The maximum atomic E-state index is 10.8. The number of anilines is 1. The third-order valence-electron chi connectivity index (χ3n) is 2.84. The molecule has 0 unspecified atom stereocenters. The molecule has 0 saturated heterocycles. The van der Waals surface area contributed by atoms with E-state index in [1.54, 1.807) is 23.9 Å². The van der Waals surface area contributed by atoms with Gasteiger partial charge in [-0.05, 0) is 30.7 Å². The first-order chi connectivity index (χ1) is 9.60. The molecule has 0 spiro atoms. The van der Waals surface area contributed by atoms with Crippen LogP contribution in [0.2, 0.25) is 0 Å². The number of nitrogens with two attached hydrogens (primary N) is 1. The largest absolute Gasteiger partial charge is 0.324 e. The highest BCUT2D eigenvalue weighted by atomic mass is 32.2. The van der Waals surface area contributed by atoms with Crippen molar-refractivity contribution < 1.29 is 4.92 Å². The SMILES string of the molecule is Cc1cccc(SCc2cc([N+](=O)[O-])ccc2NN)c1. The zero-order valence-electron chi connectivity index (χ0n) is 11.0. The van der Waals surface area contributed by atoms with E-state index >= 15 is 0 Å². The number of thioether (sulfide) groups is 1. The summed E-state index contributed by atoms with van der Waals surface area (Å²) in [7, 11) is 0. The summed E-state index contributed by atoms with van der Waals surface area (Å²) in [5.41, 5.74) is 5.35. The minimum atomic E-state index is -0.402. The zero-order valence-corrected chi connectivity index (χ0v) is 11.8. The van der Waals surface area contributed by atoms with Crippen LogP contribution in [-0.2, 0) is 5.75 Å². The Morgan fingerprint density at radius 3 is 2.75 bits per heavy atom. The normalized spacial score (nSPS) is 10.3. The summed E-state index contributed by atoms with van der Waals surface area (Å²) in [4.78, 5) is 11.5. The Bertz CT molecular complexity index is 632. The monoisotopic (exact) mass is 289 g/mol. The number of hydrazine groups is 1. The Balaban J connectivity index is 2.19. The Morgan fingerprint density at radius 2 is 2.10 bits per heavy atom. The molecule has 2 aromatic rings. The van der Waals surface area contributed by atoms with Gasteiger partial charge in [0.2, 0.25) is 0 Å². The molecular weight excluding hydrogens is 274 g/mol. The van der Waals surface area contributed by atoms with E-state index in [1.165, 1.54) is 11.6 Å². The van der Waals surface area contributed by atoms with Crippen LogP contribution in [0.4, 0.5) is 11.4 Å². The predicted octanol–water partition coefficient (Wildman–Crippen LogP) is 3.48. The van der Waals surface area contributed by atoms with Gasteiger partial charge in [0.15, 0.2) is 0 Å². The molecule has 6 heteroatoms. The van der Waals surface area contributed by atoms with Crippen LogP contribution < -0.4 is 11.3 Å². The van der Waals surface area contributed by atoms with Crippen LogP contribution in [0, 0.1) is 17.0 Å². The van der Waals surface area contributed by atoms with Crippen LogP contribution in [0.5, 0.6) is 0 Å². The maximum absolute atomic E-state index is 10.8. The first kappa shape index (κ1) is 14.4. The van der Waals surface area contributed by atoms with Gasteiger partial charge < -0.3 is 5.43 Å². The van der Waals surface area contributed by atoms with E-state index in [0.29, 0.717) is 11.4 Å². The molecule has 0 radical (unpaired) electrons. The number of hydrogen-bond acceptors (Lipinski definition) is 5. The molecule has 0 bridgehead atoms. The number of aryl methyl sites for hydroxylation is 1. The average molecular weight is 289 g/mol. The van der Waals surface area contributed by atoms with E-state index in [0.717, 1.165) is 10.5 Å². The standard InChI is InChI=1S/C14H15N3O2S/c1-10-3-2-4-13(7-10)20-9-11-8-12(17(18)19)5-6-14(11)16-15/h2-8,16H,9,15H2,1H3. The highest BCUT2D eigenvalue weighted by Crippen LogP contribution is 2.29. The number of nitrogens with one attached hydrogen (secondary N) is 1. The summed E-state index contributed by atoms with van der Waals surface area (Å²) in [5.74, 6) is 6.06.